The number of hydrogen-bond donors (Lipinski definition) is 2. The van der Waals surface area contributed by atoms with Gasteiger partial charge in [0.1, 0.15) is 17.3 Å². The van der Waals surface area contributed by atoms with Crippen molar-refractivity contribution in [1.29, 1.82) is 0 Å². The minimum Gasteiger partial charge on any atom is -0.380 e. The van der Waals surface area contributed by atoms with Crippen molar-refractivity contribution in [3.05, 3.63) is 71.7 Å². The molecule has 210 valence electrons. The van der Waals surface area contributed by atoms with Crippen LogP contribution in [-0.4, -0.2) is 38.8 Å². The predicted octanol–water partition coefficient (Wildman–Crippen LogP) is 6.41. The summed E-state index contributed by atoms with van der Waals surface area (Å²) in [7, 11) is 1.70. The van der Waals surface area contributed by atoms with Gasteiger partial charge in [0.25, 0.3) is 0 Å². The second-order valence-corrected chi connectivity index (χ2v) is 11.2. The first-order chi connectivity index (χ1) is 19.3. The van der Waals surface area contributed by atoms with E-state index in [4.69, 9.17) is 10.5 Å². The van der Waals surface area contributed by atoms with Gasteiger partial charge in [0, 0.05) is 19.3 Å². The maximum Gasteiger partial charge on any atom is 0.229 e. The molecule has 4 atom stereocenters. The SMILES string of the molecule is COC1C(C)CC(c2ccncc2Nc2ncc3ccc(-c4c(F)cc(C5(F)CCCC5)cc4F)nn23)CC1N. The summed E-state index contributed by atoms with van der Waals surface area (Å²) in [5, 5.41) is 7.84. The van der Waals surface area contributed by atoms with Gasteiger partial charge in [-0.15, -0.1) is 0 Å². The highest BCUT2D eigenvalue weighted by atomic mass is 19.1. The number of benzene rings is 1. The maximum atomic E-state index is 15.3. The number of nitrogens with two attached hydrogens (primary N) is 1. The molecule has 4 aromatic rings. The third kappa shape index (κ3) is 4.73. The minimum absolute atomic E-state index is 0.0109. The van der Waals surface area contributed by atoms with Gasteiger partial charge in [-0.2, -0.15) is 9.61 Å². The number of hydrogen-bond acceptors (Lipinski definition) is 6. The fraction of sp³-hybridized carbons (Fsp3) is 0.433. The summed E-state index contributed by atoms with van der Waals surface area (Å²) in [6.45, 7) is 2.15. The van der Waals surface area contributed by atoms with Gasteiger partial charge in [0.05, 0.1) is 41.0 Å². The molecule has 10 heteroatoms. The summed E-state index contributed by atoms with van der Waals surface area (Å²) in [5.74, 6) is -0.829. The Hall–Kier alpha value is -3.50. The van der Waals surface area contributed by atoms with Gasteiger partial charge in [-0.05, 0) is 91.8 Å². The predicted molar refractivity (Wildman–Crippen MR) is 147 cm³/mol. The molecule has 4 unspecified atom stereocenters. The number of imidazole rings is 1. The zero-order chi connectivity index (χ0) is 28.0. The fourth-order valence-corrected chi connectivity index (χ4v) is 6.61. The first-order valence-electron chi connectivity index (χ1n) is 13.8. The van der Waals surface area contributed by atoms with E-state index in [9.17, 15) is 0 Å². The van der Waals surface area contributed by atoms with Gasteiger partial charge in [-0.1, -0.05) is 6.92 Å². The van der Waals surface area contributed by atoms with Crippen molar-refractivity contribution in [2.75, 3.05) is 12.4 Å². The number of nitrogens with zero attached hydrogens (tertiary/aromatic N) is 4. The monoisotopic (exact) mass is 550 g/mol. The molecule has 40 heavy (non-hydrogen) atoms. The number of anilines is 2. The molecule has 7 nitrogen and oxygen atoms in total. The van der Waals surface area contributed by atoms with Gasteiger partial charge < -0.3 is 15.8 Å². The van der Waals surface area contributed by atoms with Crippen LogP contribution < -0.4 is 11.1 Å². The standard InChI is InChI=1S/C30H33F3N6O/c1-17-11-18(12-24(34)28(17)40-2)21-7-10-35-16-26(21)37-29-36-15-20-5-6-25(38-39(20)29)27-22(31)13-19(14-23(27)32)30(33)8-3-4-9-30/h5-7,10,13-18,24,28H,3-4,8-9,11-12,34H2,1-2H3,(H,36,37). The molecule has 0 saturated heterocycles. The number of aromatic nitrogens is 4. The van der Waals surface area contributed by atoms with E-state index in [1.165, 1.54) is 10.6 Å². The van der Waals surface area contributed by atoms with E-state index in [0.29, 0.717) is 24.3 Å². The van der Waals surface area contributed by atoms with Crippen molar-refractivity contribution in [3.63, 3.8) is 0 Å². The fourth-order valence-electron chi connectivity index (χ4n) is 6.61. The highest BCUT2D eigenvalue weighted by Crippen LogP contribution is 2.44. The summed E-state index contributed by atoms with van der Waals surface area (Å²) in [6.07, 6.45) is 8.74. The van der Waals surface area contributed by atoms with Crippen molar-refractivity contribution in [3.8, 4) is 11.3 Å². The Kier molecular flexibility index (Phi) is 7.00. The Morgan fingerprint density at radius 2 is 1.82 bits per heavy atom. The highest BCUT2D eigenvalue weighted by Gasteiger charge is 2.37. The first-order valence-corrected chi connectivity index (χ1v) is 13.8. The molecule has 0 spiro atoms. The van der Waals surface area contributed by atoms with Crippen LogP contribution in [0.2, 0.25) is 0 Å². The van der Waals surface area contributed by atoms with Gasteiger partial charge in [-0.3, -0.25) is 4.98 Å². The summed E-state index contributed by atoms with van der Waals surface area (Å²) < 4.78 is 52.9. The van der Waals surface area contributed by atoms with E-state index in [1.54, 1.807) is 31.8 Å². The second kappa shape index (κ2) is 10.5. The van der Waals surface area contributed by atoms with Crippen LogP contribution in [0, 0.1) is 17.6 Å². The Morgan fingerprint density at radius 3 is 2.52 bits per heavy atom. The van der Waals surface area contributed by atoms with Crippen LogP contribution in [-0.2, 0) is 10.4 Å². The maximum absolute atomic E-state index is 15.3. The van der Waals surface area contributed by atoms with Gasteiger partial charge >= 0.3 is 0 Å². The van der Waals surface area contributed by atoms with Crippen LogP contribution in [0.3, 0.4) is 0 Å². The van der Waals surface area contributed by atoms with Crippen molar-refractivity contribution < 1.29 is 17.9 Å². The Bertz CT molecular complexity index is 1500. The van der Waals surface area contributed by atoms with Gasteiger partial charge in [0.15, 0.2) is 0 Å². The molecule has 3 heterocycles. The smallest absolute Gasteiger partial charge is 0.229 e. The second-order valence-electron chi connectivity index (χ2n) is 11.2. The lowest BCUT2D eigenvalue weighted by Gasteiger charge is -2.38. The van der Waals surface area contributed by atoms with Crippen LogP contribution in [0.15, 0.2) is 48.9 Å². The molecule has 3 N–H and O–H groups in total. The third-order valence-corrected chi connectivity index (χ3v) is 8.60. The molecule has 1 aromatic carbocycles. The number of halogens is 3. The van der Waals surface area contributed by atoms with Crippen molar-refractivity contribution >= 4 is 17.2 Å². The summed E-state index contributed by atoms with van der Waals surface area (Å²) >= 11 is 0. The molecule has 6 rings (SSSR count). The zero-order valence-electron chi connectivity index (χ0n) is 22.6. The number of ether oxygens (including phenoxy) is 1. The first kappa shape index (κ1) is 26.7. The van der Waals surface area contributed by atoms with Crippen LogP contribution in [0.25, 0.3) is 16.8 Å². The van der Waals surface area contributed by atoms with E-state index >= 15 is 13.2 Å². The quantitative estimate of drug-likeness (QED) is 0.288. The molecule has 0 aliphatic heterocycles. The summed E-state index contributed by atoms with van der Waals surface area (Å²) in [6, 6.07) is 7.33. The third-order valence-electron chi connectivity index (χ3n) is 8.60. The molecule has 2 aliphatic rings. The average Bonchev–Trinajstić information content (AvgIpc) is 3.55. The molecule has 2 saturated carbocycles. The van der Waals surface area contributed by atoms with Crippen LogP contribution in [0.1, 0.15) is 62.5 Å². The van der Waals surface area contributed by atoms with Crippen LogP contribution in [0.4, 0.5) is 24.8 Å². The molecule has 0 radical (unpaired) electrons. The number of rotatable bonds is 6. The van der Waals surface area contributed by atoms with E-state index in [0.717, 1.165) is 36.2 Å². The van der Waals surface area contributed by atoms with E-state index in [2.05, 4.69) is 27.3 Å². The lowest BCUT2D eigenvalue weighted by atomic mass is 9.74. The summed E-state index contributed by atoms with van der Waals surface area (Å²) in [4.78, 5) is 8.77. The molecular formula is C30H33F3N6O. The zero-order valence-corrected chi connectivity index (χ0v) is 22.6. The van der Waals surface area contributed by atoms with E-state index < -0.39 is 17.3 Å². The Morgan fingerprint density at radius 1 is 1.07 bits per heavy atom. The lowest BCUT2D eigenvalue weighted by Crippen LogP contribution is -2.45. The van der Waals surface area contributed by atoms with E-state index in [-0.39, 0.29) is 53.6 Å². The normalized spacial score (nSPS) is 24.4. The molecule has 0 amide bonds. The van der Waals surface area contributed by atoms with Crippen molar-refractivity contribution in [2.45, 2.75) is 69.2 Å². The number of alkyl halides is 1. The largest absolute Gasteiger partial charge is 0.380 e. The number of pyridine rings is 1. The minimum atomic E-state index is -1.69. The Labute approximate surface area is 231 Å². The Balaban J connectivity index is 1.32. The topological polar surface area (TPSA) is 90.4 Å². The number of nitrogens with one attached hydrogen (secondary N) is 1. The van der Waals surface area contributed by atoms with Crippen LogP contribution >= 0.6 is 0 Å². The summed E-state index contributed by atoms with van der Waals surface area (Å²) in [5.41, 5.74) is 7.04. The molecule has 3 aromatic heterocycles. The molecule has 0 bridgehead atoms. The highest BCUT2D eigenvalue weighted by molar-refractivity contribution is 5.66. The molecule has 2 aliphatic carbocycles. The van der Waals surface area contributed by atoms with Gasteiger partial charge in [-0.25, -0.2) is 18.2 Å². The van der Waals surface area contributed by atoms with Crippen molar-refractivity contribution in [2.24, 2.45) is 11.7 Å². The lowest BCUT2D eigenvalue weighted by molar-refractivity contribution is 0.00984. The number of methoxy groups -OCH3 is 1. The number of fused-ring (bicyclic) bond motifs is 1. The van der Waals surface area contributed by atoms with Gasteiger partial charge in [0.2, 0.25) is 5.95 Å². The van der Waals surface area contributed by atoms with Crippen molar-refractivity contribution in [1.82, 2.24) is 19.6 Å². The van der Waals surface area contributed by atoms with E-state index in [1.807, 2.05) is 6.07 Å². The van der Waals surface area contributed by atoms with Crippen LogP contribution in [0.5, 0.6) is 0 Å². The average molecular weight is 551 g/mol. The molecular weight excluding hydrogens is 517 g/mol. The molecule has 2 fully saturated rings.